The number of hydrogen-bond donors (Lipinski definition) is 0. The van der Waals surface area contributed by atoms with Crippen LogP contribution in [0.2, 0.25) is 0 Å². The fourth-order valence-corrected chi connectivity index (χ4v) is 3.53. The van der Waals surface area contributed by atoms with Crippen molar-refractivity contribution in [1.29, 1.82) is 0 Å². The largest absolute Gasteiger partial charge is 0.491 e. The Morgan fingerprint density at radius 2 is 0.848 bits per heavy atom. The van der Waals surface area contributed by atoms with Crippen LogP contribution in [0.25, 0.3) is 0 Å². The van der Waals surface area contributed by atoms with Crippen LogP contribution in [0.5, 0.6) is 5.75 Å². The Bertz CT molecular complexity index is 794. The molecule has 0 fully saturated rings. The van der Waals surface area contributed by atoms with Gasteiger partial charge in [0.15, 0.2) is 0 Å². The molecule has 0 radical (unpaired) electrons. The second-order valence-electron chi connectivity index (χ2n) is 9.72. The zero-order valence-electron chi connectivity index (χ0n) is 27.7. The molecule has 13 nitrogen and oxygen atoms in total. The van der Waals surface area contributed by atoms with Crippen LogP contribution in [0.3, 0.4) is 0 Å². The molecule has 13 heteroatoms. The zero-order chi connectivity index (χ0) is 33.0. The Hall–Kier alpha value is -2.20. The van der Waals surface area contributed by atoms with E-state index in [0.29, 0.717) is 143 Å². The van der Waals surface area contributed by atoms with E-state index in [4.69, 9.17) is 52.1 Å². The van der Waals surface area contributed by atoms with Gasteiger partial charge in [-0.15, -0.1) is 0 Å². The minimum absolute atomic E-state index is 0.162. The monoisotopic (exact) mass is 660 g/mol. The number of esters is 1. The Morgan fingerprint density at radius 1 is 0.500 bits per heavy atom. The zero-order valence-corrected chi connectivity index (χ0v) is 27.7. The van der Waals surface area contributed by atoms with Gasteiger partial charge in [0.1, 0.15) is 25.2 Å². The molecule has 0 saturated carbocycles. The van der Waals surface area contributed by atoms with Crippen molar-refractivity contribution >= 4 is 12.3 Å². The van der Waals surface area contributed by atoms with Gasteiger partial charge in [-0.1, -0.05) is 19.8 Å². The van der Waals surface area contributed by atoms with Gasteiger partial charge in [0.05, 0.1) is 119 Å². The number of ether oxygens (including phenoxy) is 11. The van der Waals surface area contributed by atoms with Gasteiger partial charge in [-0.2, -0.15) is 0 Å². The Labute approximate surface area is 274 Å². The number of aldehydes is 1. The molecule has 266 valence electrons. The molecule has 0 saturated heterocycles. The molecule has 0 aliphatic heterocycles. The van der Waals surface area contributed by atoms with Crippen molar-refractivity contribution < 1.29 is 61.7 Å². The Kier molecular flexibility index (Phi) is 31.0. The van der Waals surface area contributed by atoms with Crippen LogP contribution in [-0.2, 0) is 52.2 Å². The second kappa shape index (κ2) is 34.1. The summed E-state index contributed by atoms with van der Waals surface area (Å²) < 4.78 is 59.7. The maximum atomic E-state index is 11.5. The van der Waals surface area contributed by atoms with Crippen molar-refractivity contribution in [2.45, 2.75) is 32.6 Å². The number of unbranched alkanes of at least 4 members (excludes halogenated alkanes) is 2. The van der Waals surface area contributed by atoms with Crippen LogP contribution in [0.4, 0.5) is 0 Å². The predicted octanol–water partition coefficient (Wildman–Crippen LogP) is 3.15. The summed E-state index contributed by atoms with van der Waals surface area (Å²) >= 11 is 0. The summed E-state index contributed by atoms with van der Waals surface area (Å²) in [6, 6.07) is 6.93. The lowest BCUT2D eigenvalue weighted by Gasteiger charge is -2.09. The van der Waals surface area contributed by atoms with Gasteiger partial charge < -0.3 is 52.1 Å². The van der Waals surface area contributed by atoms with Gasteiger partial charge in [-0.3, -0.25) is 9.59 Å². The highest BCUT2D eigenvalue weighted by Gasteiger charge is 2.02. The van der Waals surface area contributed by atoms with Crippen molar-refractivity contribution in [2.75, 3.05) is 132 Å². The van der Waals surface area contributed by atoms with Gasteiger partial charge in [0.2, 0.25) is 0 Å². The van der Waals surface area contributed by atoms with Gasteiger partial charge in [0, 0.05) is 12.0 Å². The van der Waals surface area contributed by atoms with Crippen LogP contribution in [0.1, 0.15) is 43.0 Å². The van der Waals surface area contributed by atoms with E-state index in [1.54, 1.807) is 24.3 Å². The highest BCUT2D eigenvalue weighted by Crippen LogP contribution is 2.10. The van der Waals surface area contributed by atoms with Crippen LogP contribution in [-0.4, -0.2) is 144 Å². The molecule has 0 atom stereocenters. The normalized spacial score (nSPS) is 11.2. The third kappa shape index (κ3) is 29.2. The maximum absolute atomic E-state index is 11.5. The molecule has 0 amide bonds. The smallest absolute Gasteiger partial charge is 0.305 e. The molecule has 1 aromatic carbocycles. The molecule has 1 aromatic rings. The van der Waals surface area contributed by atoms with E-state index in [1.807, 2.05) is 0 Å². The van der Waals surface area contributed by atoms with Gasteiger partial charge >= 0.3 is 5.97 Å². The third-order valence-corrected chi connectivity index (χ3v) is 5.96. The fourth-order valence-electron chi connectivity index (χ4n) is 3.53. The number of carbonyl (C=O) groups is 2. The molecule has 46 heavy (non-hydrogen) atoms. The summed E-state index contributed by atoms with van der Waals surface area (Å²) in [4.78, 5) is 22.1. The summed E-state index contributed by atoms with van der Waals surface area (Å²) in [5.41, 5.74) is 0.616. The van der Waals surface area contributed by atoms with Crippen molar-refractivity contribution in [3.8, 4) is 5.75 Å². The van der Waals surface area contributed by atoms with Crippen LogP contribution in [0, 0.1) is 0 Å². The Morgan fingerprint density at radius 3 is 1.20 bits per heavy atom. The topological polar surface area (TPSA) is 136 Å². The minimum Gasteiger partial charge on any atom is -0.491 e. The van der Waals surface area contributed by atoms with Crippen molar-refractivity contribution in [2.24, 2.45) is 0 Å². The third-order valence-electron chi connectivity index (χ3n) is 5.96. The highest BCUT2D eigenvalue weighted by atomic mass is 16.6. The standard InChI is InChI=1S/C33H56O13/c1-2-3-4-5-33(35)46-29-27-44-25-23-42-21-19-40-17-15-38-13-11-36-10-12-37-14-16-39-18-20-41-22-24-43-26-28-45-32-8-6-31(30-34)7-9-32/h6-9,30H,2-5,10-29H2,1H3. The molecule has 0 aliphatic rings. The number of benzene rings is 1. The van der Waals surface area contributed by atoms with E-state index in [2.05, 4.69) is 6.92 Å². The summed E-state index contributed by atoms with van der Waals surface area (Å²) in [6.07, 6.45) is 4.28. The first-order valence-electron chi connectivity index (χ1n) is 16.3. The predicted molar refractivity (Wildman–Crippen MR) is 170 cm³/mol. The van der Waals surface area contributed by atoms with Crippen molar-refractivity contribution in [3.05, 3.63) is 29.8 Å². The quantitative estimate of drug-likeness (QED) is 0.0593. The lowest BCUT2D eigenvalue weighted by Crippen LogP contribution is -2.15. The van der Waals surface area contributed by atoms with Gasteiger partial charge in [-0.05, 0) is 30.7 Å². The van der Waals surface area contributed by atoms with E-state index >= 15 is 0 Å². The highest BCUT2D eigenvalue weighted by molar-refractivity contribution is 5.74. The van der Waals surface area contributed by atoms with Crippen molar-refractivity contribution in [1.82, 2.24) is 0 Å². The molecular formula is C33H56O13. The first kappa shape index (κ1) is 41.8. The second-order valence-corrected chi connectivity index (χ2v) is 9.72. The summed E-state index contributed by atoms with van der Waals surface area (Å²) in [5.74, 6) is 0.539. The van der Waals surface area contributed by atoms with Crippen LogP contribution >= 0.6 is 0 Å². The summed E-state index contributed by atoms with van der Waals surface area (Å²) in [5, 5.41) is 0. The van der Waals surface area contributed by atoms with Crippen LogP contribution < -0.4 is 4.74 Å². The molecule has 0 spiro atoms. The van der Waals surface area contributed by atoms with Gasteiger partial charge in [-0.25, -0.2) is 0 Å². The number of carbonyl (C=O) groups excluding carboxylic acids is 2. The molecule has 0 aromatic heterocycles. The first-order chi connectivity index (χ1) is 22.8. The van der Waals surface area contributed by atoms with E-state index in [-0.39, 0.29) is 12.6 Å². The van der Waals surface area contributed by atoms with Crippen molar-refractivity contribution in [3.63, 3.8) is 0 Å². The SMILES string of the molecule is CCCCCC(=O)OCCOCCOCCOCCOCCOCCOCCOCCOCCOCCOc1ccc(C=O)cc1. The first-order valence-corrected chi connectivity index (χ1v) is 16.3. The molecule has 0 unspecified atom stereocenters. The Balaban J connectivity index is 1.65. The minimum atomic E-state index is -0.162. The fraction of sp³-hybridized carbons (Fsp3) is 0.758. The van der Waals surface area contributed by atoms with E-state index < -0.39 is 0 Å². The lowest BCUT2D eigenvalue weighted by atomic mass is 10.2. The molecule has 0 N–H and O–H groups in total. The number of rotatable bonds is 36. The molecular weight excluding hydrogens is 604 g/mol. The van der Waals surface area contributed by atoms with Gasteiger partial charge in [0.25, 0.3) is 0 Å². The average molecular weight is 661 g/mol. The van der Waals surface area contributed by atoms with Crippen LogP contribution in [0.15, 0.2) is 24.3 Å². The van der Waals surface area contributed by atoms with E-state index in [1.165, 1.54) is 0 Å². The summed E-state index contributed by atoms with van der Waals surface area (Å²) in [6.45, 7) is 11.4. The molecule has 0 bridgehead atoms. The number of hydrogen-bond acceptors (Lipinski definition) is 13. The lowest BCUT2D eigenvalue weighted by molar-refractivity contribution is -0.145. The average Bonchev–Trinajstić information content (AvgIpc) is 3.07. The molecule has 1 rings (SSSR count). The maximum Gasteiger partial charge on any atom is 0.305 e. The molecule has 0 heterocycles. The van der Waals surface area contributed by atoms with E-state index in [9.17, 15) is 9.59 Å². The molecule has 0 aliphatic carbocycles. The van der Waals surface area contributed by atoms with E-state index in [0.717, 1.165) is 25.5 Å². The summed E-state index contributed by atoms with van der Waals surface area (Å²) in [7, 11) is 0.